The fourth-order valence-corrected chi connectivity index (χ4v) is 3.94. The normalized spacial score (nSPS) is 17.6. The molecule has 0 fully saturated rings. The minimum absolute atomic E-state index is 0.0523. The van der Waals surface area contributed by atoms with Gasteiger partial charge < -0.3 is 9.30 Å². The molecule has 3 heterocycles. The van der Waals surface area contributed by atoms with Crippen LogP contribution in [0.2, 0.25) is 0 Å². The lowest BCUT2D eigenvalue weighted by atomic mass is 10.1. The second kappa shape index (κ2) is 5.84. The van der Waals surface area contributed by atoms with E-state index in [1.165, 1.54) is 20.4 Å². The summed E-state index contributed by atoms with van der Waals surface area (Å²) in [5.74, 6) is 1.47. The monoisotopic (exact) mass is 336 g/mol. The number of pyridine rings is 1. The predicted octanol–water partition coefficient (Wildman–Crippen LogP) is 2.01. The molecule has 3 rings (SSSR count). The molecule has 124 valence electrons. The summed E-state index contributed by atoms with van der Waals surface area (Å²) in [5.41, 5.74) is 0. The van der Waals surface area contributed by atoms with Crippen molar-refractivity contribution in [3.05, 3.63) is 30.4 Å². The van der Waals surface area contributed by atoms with Gasteiger partial charge in [-0.05, 0) is 31.9 Å². The number of hydrogen-bond donors (Lipinski definition) is 0. The molecule has 1 atom stereocenters. The molecule has 0 aromatic carbocycles. The number of hydrogen-bond acceptors (Lipinski definition) is 5. The molecule has 0 spiro atoms. The Labute approximate surface area is 136 Å². The first-order valence-corrected chi connectivity index (χ1v) is 8.95. The molecule has 23 heavy (non-hydrogen) atoms. The van der Waals surface area contributed by atoms with Crippen molar-refractivity contribution >= 4 is 15.8 Å². The van der Waals surface area contributed by atoms with Gasteiger partial charge in [-0.1, -0.05) is 0 Å². The summed E-state index contributed by atoms with van der Waals surface area (Å²) in [7, 11) is -0.839. The van der Waals surface area contributed by atoms with Crippen LogP contribution in [-0.2, 0) is 16.4 Å². The van der Waals surface area contributed by atoms with Crippen molar-refractivity contribution in [2.45, 2.75) is 37.3 Å². The number of imidazole rings is 1. The molecule has 0 amide bonds. The van der Waals surface area contributed by atoms with Crippen LogP contribution in [0.4, 0.5) is 5.82 Å². The molecule has 0 N–H and O–H groups in total. The number of anilines is 1. The van der Waals surface area contributed by atoms with Crippen molar-refractivity contribution < 1.29 is 13.2 Å². The number of aromatic nitrogens is 3. The molecule has 1 aliphatic heterocycles. The summed E-state index contributed by atoms with van der Waals surface area (Å²) < 4.78 is 34.0. The minimum Gasteiger partial charge on any atom is -0.493 e. The highest BCUT2D eigenvalue weighted by Gasteiger charge is 2.30. The Kier molecular flexibility index (Phi) is 4.01. The Morgan fingerprint density at radius 1 is 1.43 bits per heavy atom. The van der Waals surface area contributed by atoms with Crippen LogP contribution in [0.25, 0.3) is 0 Å². The Hall–Kier alpha value is -2.09. The van der Waals surface area contributed by atoms with Crippen molar-refractivity contribution in [1.82, 2.24) is 14.5 Å². The van der Waals surface area contributed by atoms with E-state index in [0.717, 1.165) is 29.4 Å². The first-order chi connectivity index (χ1) is 10.9. The zero-order chi connectivity index (χ0) is 16.6. The first-order valence-electron chi connectivity index (χ1n) is 7.51. The van der Waals surface area contributed by atoms with Gasteiger partial charge in [0.1, 0.15) is 5.82 Å². The standard InChI is InChI=1S/C15H20N4O3S/c1-11-6-4-8-13-17-14(10-19(11)13)23(20,21)18(2)15-12(22-3)7-5-9-16-15/h5,7,9-11H,4,6,8H2,1-3H3. The molecule has 0 saturated carbocycles. The van der Waals surface area contributed by atoms with Crippen LogP contribution >= 0.6 is 0 Å². The fourth-order valence-electron chi connectivity index (χ4n) is 2.83. The van der Waals surface area contributed by atoms with Crippen LogP contribution in [-0.4, -0.2) is 37.1 Å². The molecule has 1 aliphatic rings. The molecule has 2 aromatic heterocycles. The predicted molar refractivity (Wildman–Crippen MR) is 86.3 cm³/mol. The van der Waals surface area contributed by atoms with Gasteiger partial charge >= 0.3 is 0 Å². The maximum atomic E-state index is 12.9. The van der Waals surface area contributed by atoms with Gasteiger partial charge in [-0.15, -0.1) is 0 Å². The highest BCUT2D eigenvalue weighted by molar-refractivity contribution is 7.92. The third-order valence-electron chi connectivity index (χ3n) is 4.18. The van der Waals surface area contributed by atoms with Crippen LogP contribution in [0.1, 0.15) is 31.6 Å². The van der Waals surface area contributed by atoms with Crippen LogP contribution in [0.15, 0.2) is 29.6 Å². The van der Waals surface area contributed by atoms with Crippen molar-refractivity contribution in [2.75, 3.05) is 18.5 Å². The topological polar surface area (TPSA) is 77.3 Å². The van der Waals surface area contributed by atoms with E-state index in [1.54, 1.807) is 18.3 Å². The smallest absolute Gasteiger partial charge is 0.284 e. The van der Waals surface area contributed by atoms with E-state index in [1.807, 2.05) is 4.57 Å². The Balaban J connectivity index is 2.01. The van der Waals surface area contributed by atoms with Crippen LogP contribution in [0.3, 0.4) is 0 Å². The lowest BCUT2D eigenvalue weighted by molar-refractivity contribution is 0.414. The Bertz CT molecular complexity index is 816. The third-order valence-corrected chi connectivity index (χ3v) is 5.80. The van der Waals surface area contributed by atoms with Gasteiger partial charge in [-0.3, -0.25) is 0 Å². The molecule has 7 nitrogen and oxygen atoms in total. The molecular weight excluding hydrogens is 316 g/mol. The zero-order valence-electron chi connectivity index (χ0n) is 13.4. The van der Waals surface area contributed by atoms with Crippen molar-refractivity contribution in [1.29, 1.82) is 0 Å². The van der Waals surface area contributed by atoms with Gasteiger partial charge in [0.2, 0.25) is 0 Å². The average molecular weight is 336 g/mol. The van der Waals surface area contributed by atoms with E-state index in [2.05, 4.69) is 16.9 Å². The van der Waals surface area contributed by atoms with Crippen molar-refractivity contribution in [3.8, 4) is 5.75 Å². The van der Waals surface area contributed by atoms with Gasteiger partial charge in [0.05, 0.1) is 7.11 Å². The maximum Gasteiger partial charge on any atom is 0.284 e. The number of rotatable bonds is 4. The second-order valence-corrected chi connectivity index (χ2v) is 7.56. The van der Waals surface area contributed by atoms with Crippen molar-refractivity contribution in [3.63, 3.8) is 0 Å². The van der Waals surface area contributed by atoms with Crippen LogP contribution in [0, 0.1) is 0 Å². The molecule has 0 saturated heterocycles. The Morgan fingerprint density at radius 2 is 2.22 bits per heavy atom. The fraction of sp³-hybridized carbons (Fsp3) is 0.467. The highest BCUT2D eigenvalue weighted by Crippen LogP contribution is 2.30. The van der Waals surface area contributed by atoms with Crippen molar-refractivity contribution in [2.24, 2.45) is 0 Å². The summed E-state index contributed by atoms with van der Waals surface area (Å²) >= 11 is 0. The van der Waals surface area contributed by atoms with Crippen LogP contribution in [0.5, 0.6) is 5.75 Å². The first kappa shape index (κ1) is 15.8. The average Bonchev–Trinajstić information content (AvgIpc) is 3.00. The SMILES string of the molecule is COc1cccnc1N(C)S(=O)(=O)c1cn2c(n1)CCCC2C. The van der Waals surface area contributed by atoms with Gasteiger partial charge in [-0.25, -0.2) is 14.3 Å². The van der Waals surface area contributed by atoms with Gasteiger partial charge in [-0.2, -0.15) is 8.42 Å². The summed E-state index contributed by atoms with van der Waals surface area (Å²) in [6, 6.07) is 3.64. The maximum absolute atomic E-state index is 12.9. The van der Waals surface area contributed by atoms with E-state index in [4.69, 9.17) is 4.74 Å². The third kappa shape index (κ3) is 2.67. The number of methoxy groups -OCH3 is 1. The Morgan fingerprint density at radius 3 is 2.91 bits per heavy atom. The van der Waals surface area contributed by atoms with E-state index in [9.17, 15) is 8.42 Å². The number of ether oxygens (including phenoxy) is 1. The molecule has 1 unspecified atom stereocenters. The number of fused-ring (bicyclic) bond motifs is 1. The summed E-state index contributed by atoms with van der Waals surface area (Å²) in [6.07, 6.45) is 6.02. The number of sulfonamides is 1. The number of aryl methyl sites for hydroxylation is 1. The van der Waals surface area contributed by atoms with E-state index in [0.29, 0.717) is 5.75 Å². The summed E-state index contributed by atoms with van der Waals surface area (Å²) in [5, 5.41) is 0.0523. The molecule has 0 bridgehead atoms. The van der Waals surface area contributed by atoms with Crippen LogP contribution < -0.4 is 9.04 Å². The lowest BCUT2D eigenvalue weighted by Crippen LogP contribution is -2.28. The lowest BCUT2D eigenvalue weighted by Gasteiger charge is -2.20. The molecule has 0 radical (unpaired) electrons. The second-order valence-electron chi connectivity index (χ2n) is 5.65. The van der Waals surface area contributed by atoms with E-state index >= 15 is 0 Å². The molecule has 0 aliphatic carbocycles. The highest BCUT2D eigenvalue weighted by atomic mass is 32.2. The quantitative estimate of drug-likeness (QED) is 0.853. The van der Waals surface area contributed by atoms with E-state index < -0.39 is 10.0 Å². The number of nitrogens with zero attached hydrogens (tertiary/aromatic N) is 4. The molecule has 8 heteroatoms. The molecular formula is C15H20N4O3S. The minimum atomic E-state index is -3.78. The largest absolute Gasteiger partial charge is 0.493 e. The summed E-state index contributed by atoms with van der Waals surface area (Å²) in [6.45, 7) is 2.08. The summed E-state index contributed by atoms with van der Waals surface area (Å²) in [4.78, 5) is 8.46. The van der Waals surface area contributed by atoms with E-state index in [-0.39, 0.29) is 16.9 Å². The molecule has 2 aromatic rings. The van der Waals surface area contributed by atoms with Gasteiger partial charge in [0.15, 0.2) is 16.6 Å². The van der Waals surface area contributed by atoms with Gasteiger partial charge in [0.25, 0.3) is 10.0 Å². The zero-order valence-corrected chi connectivity index (χ0v) is 14.2. The van der Waals surface area contributed by atoms with Gasteiger partial charge in [0, 0.05) is 31.9 Å².